The Balaban J connectivity index is 1.67. The first-order valence-electron chi connectivity index (χ1n) is 8.11. The van der Waals surface area contributed by atoms with Crippen molar-refractivity contribution in [2.24, 2.45) is 0 Å². The summed E-state index contributed by atoms with van der Waals surface area (Å²) < 4.78 is 1.91. The fraction of sp³-hybridized carbons (Fsp3) is 0.143. The Morgan fingerprint density at radius 1 is 0.917 bits per heavy atom. The van der Waals surface area contributed by atoms with Crippen LogP contribution in [0.3, 0.4) is 0 Å². The van der Waals surface area contributed by atoms with Gasteiger partial charge in [-0.3, -0.25) is 4.79 Å². The maximum absolute atomic E-state index is 12.3. The standard InChI is InChI=1S/C21H20N2O/c1-17(18-9-4-2-5-10-18)22-21(24)16-23-14-8-13-20(15-23)19-11-6-3-7-12-19/h2-15,17H,16H2,1H3/p+1. The predicted octanol–water partition coefficient (Wildman–Crippen LogP) is 3.52. The van der Waals surface area contributed by atoms with Crippen molar-refractivity contribution >= 4 is 5.91 Å². The predicted molar refractivity (Wildman–Crippen MR) is 95.1 cm³/mol. The van der Waals surface area contributed by atoms with E-state index >= 15 is 0 Å². The van der Waals surface area contributed by atoms with E-state index in [1.54, 1.807) is 0 Å². The number of nitrogens with one attached hydrogen (secondary N) is 1. The van der Waals surface area contributed by atoms with Gasteiger partial charge in [-0.1, -0.05) is 60.7 Å². The first-order valence-corrected chi connectivity index (χ1v) is 8.11. The number of amides is 1. The van der Waals surface area contributed by atoms with Gasteiger partial charge in [0.1, 0.15) is 0 Å². The van der Waals surface area contributed by atoms with Crippen molar-refractivity contribution in [3.05, 3.63) is 90.8 Å². The van der Waals surface area contributed by atoms with E-state index in [1.807, 2.05) is 78.5 Å². The molecule has 0 aliphatic carbocycles. The average molecular weight is 317 g/mol. The van der Waals surface area contributed by atoms with Gasteiger partial charge >= 0.3 is 0 Å². The molecule has 1 heterocycles. The van der Waals surface area contributed by atoms with Crippen LogP contribution < -0.4 is 9.88 Å². The van der Waals surface area contributed by atoms with Gasteiger partial charge in [-0.05, 0) is 24.1 Å². The van der Waals surface area contributed by atoms with E-state index in [4.69, 9.17) is 0 Å². The number of hydrogen-bond acceptors (Lipinski definition) is 1. The monoisotopic (exact) mass is 317 g/mol. The number of pyridine rings is 1. The third-order valence-corrected chi connectivity index (χ3v) is 3.97. The minimum atomic E-state index is -0.00314. The molecule has 24 heavy (non-hydrogen) atoms. The van der Waals surface area contributed by atoms with Crippen molar-refractivity contribution in [3.63, 3.8) is 0 Å². The third kappa shape index (κ3) is 4.07. The Hall–Kier alpha value is -2.94. The molecule has 3 nitrogen and oxygen atoms in total. The Bertz CT molecular complexity index is 800. The molecule has 0 bridgehead atoms. The van der Waals surface area contributed by atoms with Crippen molar-refractivity contribution in [3.8, 4) is 11.1 Å². The molecule has 1 atom stereocenters. The molecule has 2 aromatic carbocycles. The Morgan fingerprint density at radius 2 is 1.54 bits per heavy atom. The highest BCUT2D eigenvalue weighted by Gasteiger charge is 2.14. The molecule has 120 valence electrons. The molecule has 1 amide bonds. The molecule has 1 N–H and O–H groups in total. The summed E-state index contributed by atoms with van der Waals surface area (Å²) in [6, 6.07) is 24.2. The second-order valence-electron chi connectivity index (χ2n) is 5.83. The zero-order valence-electron chi connectivity index (χ0n) is 13.7. The summed E-state index contributed by atoms with van der Waals surface area (Å²) in [6.07, 6.45) is 3.92. The molecule has 0 fully saturated rings. The number of benzene rings is 2. The summed E-state index contributed by atoms with van der Waals surface area (Å²) in [5.74, 6) is 0.00145. The van der Waals surface area contributed by atoms with Crippen LogP contribution in [-0.2, 0) is 11.3 Å². The summed E-state index contributed by atoms with van der Waals surface area (Å²) in [6.45, 7) is 2.30. The lowest BCUT2D eigenvalue weighted by molar-refractivity contribution is -0.684. The lowest BCUT2D eigenvalue weighted by Gasteiger charge is -2.13. The zero-order valence-corrected chi connectivity index (χ0v) is 13.7. The van der Waals surface area contributed by atoms with Crippen LogP contribution in [0.5, 0.6) is 0 Å². The second kappa shape index (κ2) is 7.55. The van der Waals surface area contributed by atoms with Gasteiger partial charge in [0.2, 0.25) is 6.54 Å². The number of nitrogens with zero attached hydrogens (tertiary/aromatic N) is 1. The van der Waals surface area contributed by atoms with Crippen molar-refractivity contribution < 1.29 is 9.36 Å². The minimum Gasteiger partial charge on any atom is -0.344 e. The zero-order chi connectivity index (χ0) is 16.8. The van der Waals surface area contributed by atoms with Gasteiger partial charge in [-0.2, -0.15) is 4.57 Å². The van der Waals surface area contributed by atoms with Crippen molar-refractivity contribution in [1.29, 1.82) is 0 Å². The highest BCUT2D eigenvalue weighted by Crippen LogP contribution is 2.16. The van der Waals surface area contributed by atoms with E-state index in [-0.39, 0.29) is 11.9 Å². The van der Waals surface area contributed by atoms with Crippen LogP contribution in [0.15, 0.2) is 85.2 Å². The quantitative estimate of drug-likeness (QED) is 0.718. The van der Waals surface area contributed by atoms with E-state index in [1.165, 1.54) is 0 Å². The summed E-state index contributed by atoms with van der Waals surface area (Å²) >= 11 is 0. The highest BCUT2D eigenvalue weighted by molar-refractivity contribution is 5.75. The van der Waals surface area contributed by atoms with E-state index in [2.05, 4.69) is 23.5 Å². The Morgan fingerprint density at radius 3 is 2.25 bits per heavy atom. The molecule has 3 heteroatoms. The summed E-state index contributed by atoms with van der Waals surface area (Å²) in [5, 5.41) is 3.04. The summed E-state index contributed by atoms with van der Waals surface area (Å²) in [7, 11) is 0. The first kappa shape index (κ1) is 15.9. The smallest absolute Gasteiger partial charge is 0.286 e. The minimum absolute atomic E-state index is 0.00145. The van der Waals surface area contributed by atoms with Crippen LogP contribution in [0.2, 0.25) is 0 Å². The molecule has 0 saturated heterocycles. The number of carbonyl (C=O) groups is 1. The van der Waals surface area contributed by atoms with Gasteiger partial charge in [-0.25, -0.2) is 0 Å². The Labute approximate surface area is 142 Å². The second-order valence-corrected chi connectivity index (χ2v) is 5.83. The fourth-order valence-corrected chi connectivity index (χ4v) is 2.70. The summed E-state index contributed by atoms with van der Waals surface area (Å²) in [4.78, 5) is 12.3. The van der Waals surface area contributed by atoms with Crippen LogP contribution in [0.25, 0.3) is 11.1 Å². The number of rotatable bonds is 5. The largest absolute Gasteiger partial charge is 0.344 e. The van der Waals surface area contributed by atoms with Crippen LogP contribution >= 0.6 is 0 Å². The van der Waals surface area contributed by atoms with E-state index in [0.29, 0.717) is 6.54 Å². The van der Waals surface area contributed by atoms with E-state index < -0.39 is 0 Å². The lowest BCUT2D eigenvalue weighted by Crippen LogP contribution is -2.43. The van der Waals surface area contributed by atoms with Crippen LogP contribution in [-0.4, -0.2) is 5.91 Å². The Kier molecular flexibility index (Phi) is 5.02. The van der Waals surface area contributed by atoms with Crippen molar-refractivity contribution in [1.82, 2.24) is 5.32 Å². The first-order chi connectivity index (χ1) is 11.7. The highest BCUT2D eigenvalue weighted by atomic mass is 16.2. The molecule has 0 radical (unpaired) electrons. The molecule has 1 unspecified atom stereocenters. The van der Waals surface area contributed by atoms with Crippen LogP contribution in [0.1, 0.15) is 18.5 Å². The molecule has 0 saturated carbocycles. The van der Waals surface area contributed by atoms with Gasteiger partial charge in [-0.15, -0.1) is 0 Å². The molecule has 3 aromatic rings. The molecule has 0 aliphatic heterocycles. The number of aromatic nitrogens is 1. The molecule has 0 aliphatic rings. The molecule has 1 aromatic heterocycles. The van der Waals surface area contributed by atoms with Crippen LogP contribution in [0.4, 0.5) is 0 Å². The molecule has 3 rings (SSSR count). The average Bonchev–Trinajstić information content (AvgIpc) is 2.63. The van der Waals surface area contributed by atoms with Crippen molar-refractivity contribution in [2.75, 3.05) is 0 Å². The van der Waals surface area contributed by atoms with Gasteiger partial charge in [0.25, 0.3) is 5.91 Å². The van der Waals surface area contributed by atoms with Gasteiger partial charge in [0, 0.05) is 11.6 Å². The van der Waals surface area contributed by atoms with E-state index in [9.17, 15) is 4.79 Å². The molecule has 0 spiro atoms. The number of carbonyl (C=O) groups excluding carboxylic acids is 1. The maximum Gasteiger partial charge on any atom is 0.286 e. The van der Waals surface area contributed by atoms with Gasteiger partial charge < -0.3 is 5.32 Å². The maximum atomic E-state index is 12.3. The topological polar surface area (TPSA) is 33.0 Å². The molecular formula is C21H21N2O+. The normalized spacial score (nSPS) is 11.7. The molecular weight excluding hydrogens is 296 g/mol. The SMILES string of the molecule is CC(NC(=O)C[n+]1cccc(-c2ccccc2)c1)c1ccccc1. The van der Waals surface area contributed by atoms with Crippen LogP contribution in [0, 0.1) is 0 Å². The number of hydrogen-bond donors (Lipinski definition) is 1. The fourth-order valence-electron chi connectivity index (χ4n) is 2.70. The van der Waals surface area contributed by atoms with E-state index in [0.717, 1.165) is 16.7 Å². The third-order valence-electron chi connectivity index (χ3n) is 3.97. The van der Waals surface area contributed by atoms with Crippen molar-refractivity contribution in [2.45, 2.75) is 19.5 Å². The lowest BCUT2D eigenvalue weighted by atomic mass is 10.1. The summed E-state index contributed by atoms with van der Waals surface area (Å²) in [5.41, 5.74) is 3.35. The van der Waals surface area contributed by atoms with Gasteiger partial charge in [0.05, 0.1) is 6.04 Å². The van der Waals surface area contributed by atoms with Gasteiger partial charge in [0.15, 0.2) is 12.4 Å².